The standard InChI is InChI=1S/C8H19NO2/c1-9(2)7-8(10)5-4-6-11-3/h8,10H,4-7H2,1-3H3. The van der Waals surface area contributed by atoms with E-state index < -0.39 is 0 Å². The number of aliphatic hydroxyl groups is 1. The lowest BCUT2D eigenvalue weighted by molar-refractivity contribution is 0.110. The van der Waals surface area contributed by atoms with E-state index in [2.05, 4.69) is 0 Å². The summed E-state index contributed by atoms with van der Waals surface area (Å²) in [4.78, 5) is 1.98. The second kappa shape index (κ2) is 6.58. The monoisotopic (exact) mass is 161 g/mol. The molecule has 0 aliphatic heterocycles. The molecule has 0 saturated heterocycles. The summed E-state index contributed by atoms with van der Waals surface area (Å²) in [6.07, 6.45) is 1.55. The number of methoxy groups -OCH3 is 1. The average Bonchev–Trinajstić information content (AvgIpc) is 1.86. The average molecular weight is 161 g/mol. The third kappa shape index (κ3) is 7.78. The van der Waals surface area contributed by atoms with Gasteiger partial charge in [0.15, 0.2) is 0 Å². The van der Waals surface area contributed by atoms with Crippen LogP contribution in [0.25, 0.3) is 0 Å². The molecule has 0 fully saturated rings. The molecule has 0 bridgehead atoms. The normalized spacial score (nSPS) is 13.9. The molecular weight excluding hydrogens is 142 g/mol. The summed E-state index contributed by atoms with van der Waals surface area (Å²) in [6, 6.07) is 0. The zero-order chi connectivity index (χ0) is 8.69. The fraction of sp³-hybridized carbons (Fsp3) is 1.00. The molecular formula is C8H19NO2. The SMILES string of the molecule is COCCCC(O)CN(C)C. The topological polar surface area (TPSA) is 32.7 Å². The van der Waals surface area contributed by atoms with Crippen LogP contribution in [0.3, 0.4) is 0 Å². The van der Waals surface area contributed by atoms with E-state index in [-0.39, 0.29) is 6.10 Å². The minimum Gasteiger partial charge on any atom is -0.392 e. The summed E-state index contributed by atoms with van der Waals surface area (Å²) in [5, 5.41) is 9.35. The maximum Gasteiger partial charge on any atom is 0.0667 e. The molecule has 0 aromatic rings. The highest BCUT2D eigenvalue weighted by atomic mass is 16.5. The van der Waals surface area contributed by atoms with Crippen LogP contribution in [-0.2, 0) is 4.74 Å². The lowest BCUT2D eigenvalue weighted by Crippen LogP contribution is -2.25. The van der Waals surface area contributed by atoms with Crippen molar-refractivity contribution in [2.75, 3.05) is 34.4 Å². The molecule has 68 valence electrons. The molecule has 0 heterocycles. The Morgan fingerprint density at radius 1 is 1.45 bits per heavy atom. The van der Waals surface area contributed by atoms with Gasteiger partial charge in [-0.1, -0.05) is 0 Å². The summed E-state index contributed by atoms with van der Waals surface area (Å²) in [5.74, 6) is 0. The Bertz CT molecular complexity index is 86.2. The smallest absolute Gasteiger partial charge is 0.0667 e. The van der Waals surface area contributed by atoms with Crippen LogP contribution in [0.4, 0.5) is 0 Å². The summed E-state index contributed by atoms with van der Waals surface area (Å²) < 4.78 is 4.87. The predicted octanol–water partition coefficient (Wildman–Crippen LogP) is 0.335. The van der Waals surface area contributed by atoms with Gasteiger partial charge in [-0.25, -0.2) is 0 Å². The predicted molar refractivity (Wildman–Crippen MR) is 45.7 cm³/mol. The number of ether oxygens (including phenoxy) is 1. The van der Waals surface area contributed by atoms with Crippen molar-refractivity contribution in [1.82, 2.24) is 4.90 Å². The molecule has 1 unspecified atom stereocenters. The van der Waals surface area contributed by atoms with Crippen LogP contribution >= 0.6 is 0 Å². The highest BCUT2D eigenvalue weighted by Gasteiger charge is 2.03. The fourth-order valence-corrected chi connectivity index (χ4v) is 0.976. The molecule has 0 spiro atoms. The van der Waals surface area contributed by atoms with Crippen molar-refractivity contribution in [1.29, 1.82) is 0 Å². The molecule has 1 atom stereocenters. The molecule has 1 N–H and O–H groups in total. The summed E-state index contributed by atoms with van der Waals surface area (Å²) in [6.45, 7) is 1.48. The molecule has 0 aliphatic rings. The van der Waals surface area contributed by atoms with Crippen LogP contribution in [-0.4, -0.2) is 50.5 Å². The van der Waals surface area contributed by atoms with Crippen LogP contribution in [0.5, 0.6) is 0 Å². The molecule has 0 rings (SSSR count). The maximum absolute atomic E-state index is 9.35. The Hall–Kier alpha value is -0.120. The van der Waals surface area contributed by atoms with Gasteiger partial charge in [0, 0.05) is 20.3 Å². The van der Waals surface area contributed by atoms with Gasteiger partial charge >= 0.3 is 0 Å². The first-order valence-corrected chi connectivity index (χ1v) is 3.98. The third-order valence-corrected chi connectivity index (χ3v) is 1.46. The first kappa shape index (κ1) is 10.9. The third-order valence-electron chi connectivity index (χ3n) is 1.46. The van der Waals surface area contributed by atoms with Gasteiger partial charge in [-0.3, -0.25) is 0 Å². The van der Waals surface area contributed by atoms with E-state index in [1.807, 2.05) is 19.0 Å². The van der Waals surface area contributed by atoms with Gasteiger partial charge in [-0.15, -0.1) is 0 Å². The molecule has 0 amide bonds. The molecule has 3 nitrogen and oxygen atoms in total. The van der Waals surface area contributed by atoms with Crippen molar-refractivity contribution in [3.05, 3.63) is 0 Å². The van der Waals surface area contributed by atoms with Crippen molar-refractivity contribution in [3.63, 3.8) is 0 Å². The summed E-state index contributed by atoms with van der Waals surface area (Å²) in [5.41, 5.74) is 0. The van der Waals surface area contributed by atoms with Gasteiger partial charge < -0.3 is 14.7 Å². The molecule has 0 aromatic heterocycles. The Balaban J connectivity index is 3.15. The fourth-order valence-electron chi connectivity index (χ4n) is 0.976. The molecule has 11 heavy (non-hydrogen) atoms. The van der Waals surface area contributed by atoms with E-state index in [4.69, 9.17) is 4.74 Å². The van der Waals surface area contributed by atoms with Crippen molar-refractivity contribution < 1.29 is 9.84 Å². The zero-order valence-electron chi connectivity index (χ0n) is 7.71. The van der Waals surface area contributed by atoms with Crippen LogP contribution in [0.15, 0.2) is 0 Å². The van der Waals surface area contributed by atoms with E-state index in [1.54, 1.807) is 7.11 Å². The van der Waals surface area contributed by atoms with E-state index in [1.165, 1.54) is 0 Å². The van der Waals surface area contributed by atoms with Gasteiger partial charge in [0.25, 0.3) is 0 Å². The van der Waals surface area contributed by atoms with Gasteiger partial charge in [0.2, 0.25) is 0 Å². The molecule has 0 radical (unpaired) electrons. The van der Waals surface area contributed by atoms with Crippen molar-refractivity contribution >= 4 is 0 Å². The molecule has 0 saturated carbocycles. The Morgan fingerprint density at radius 3 is 2.55 bits per heavy atom. The largest absolute Gasteiger partial charge is 0.392 e. The van der Waals surface area contributed by atoms with E-state index >= 15 is 0 Å². The Labute approximate surface area is 69.0 Å². The number of hydrogen-bond donors (Lipinski definition) is 1. The van der Waals surface area contributed by atoms with E-state index in [0.717, 1.165) is 26.0 Å². The second-order valence-corrected chi connectivity index (χ2v) is 3.05. The Kier molecular flexibility index (Phi) is 6.51. The van der Waals surface area contributed by atoms with Crippen LogP contribution < -0.4 is 0 Å². The highest BCUT2D eigenvalue weighted by molar-refractivity contribution is 4.58. The lowest BCUT2D eigenvalue weighted by Gasteiger charge is -2.15. The van der Waals surface area contributed by atoms with Crippen molar-refractivity contribution in [2.24, 2.45) is 0 Å². The summed E-state index contributed by atoms with van der Waals surface area (Å²) >= 11 is 0. The minimum absolute atomic E-state index is 0.208. The van der Waals surface area contributed by atoms with Gasteiger partial charge in [-0.2, -0.15) is 0 Å². The van der Waals surface area contributed by atoms with E-state index in [0.29, 0.717) is 0 Å². The van der Waals surface area contributed by atoms with Gasteiger partial charge in [0.05, 0.1) is 6.10 Å². The minimum atomic E-state index is -0.208. The quantitative estimate of drug-likeness (QED) is 0.570. The second-order valence-electron chi connectivity index (χ2n) is 3.05. The Morgan fingerprint density at radius 2 is 2.09 bits per heavy atom. The van der Waals surface area contributed by atoms with Gasteiger partial charge in [-0.05, 0) is 26.9 Å². The first-order chi connectivity index (χ1) is 5.16. The number of nitrogens with zero attached hydrogens (tertiary/aromatic N) is 1. The number of aliphatic hydroxyl groups excluding tert-OH is 1. The highest BCUT2D eigenvalue weighted by Crippen LogP contribution is 1.97. The van der Waals surface area contributed by atoms with Crippen LogP contribution in [0.1, 0.15) is 12.8 Å². The van der Waals surface area contributed by atoms with Crippen molar-refractivity contribution in [3.8, 4) is 0 Å². The van der Waals surface area contributed by atoms with Crippen LogP contribution in [0, 0.1) is 0 Å². The number of likely N-dealkylation sites (N-methyl/N-ethyl adjacent to an activating group) is 1. The number of hydrogen-bond acceptors (Lipinski definition) is 3. The molecule has 0 aromatic carbocycles. The lowest BCUT2D eigenvalue weighted by atomic mass is 10.2. The zero-order valence-corrected chi connectivity index (χ0v) is 7.71. The first-order valence-electron chi connectivity index (χ1n) is 3.98. The molecule has 3 heteroatoms. The maximum atomic E-state index is 9.35. The van der Waals surface area contributed by atoms with E-state index in [9.17, 15) is 5.11 Å². The van der Waals surface area contributed by atoms with Gasteiger partial charge in [0.1, 0.15) is 0 Å². The van der Waals surface area contributed by atoms with Crippen LogP contribution in [0.2, 0.25) is 0 Å². The summed E-state index contributed by atoms with van der Waals surface area (Å²) in [7, 11) is 5.59. The molecule has 0 aliphatic carbocycles. The number of rotatable bonds is 6. The van der Waals surface area contributed by atoms with Crippen molar-refractivity contribution in [2.45, 2.75) is 18.9 Å².